The largest absolute Gasteiger partial charge is 0.469 e. The molecule has 0 radical (unpaired) electrons. The fraction of sp³-hybridized carbons (Fsp3) is 0.367. The van der Waals surface area contributed by atoms with Crippen LogP contribution in [0.4, 0.5) is 14.9 Å². The molecule has 1 fully saturated rings. The Bertz CT molecular complexity index is 1480. The number of cyclic esters (lactones) is 1. The summed E-state index contributed by atoms with van der Waals surface area (Å²) in [6.07, 6.45) is 3.81. The number of rotatable bonds is 4. The van der Waals surface area contributed by atoms with Gasteiger partial charge in [0.1, 0.15) is 5.69 Å². The maximum atomic E-state index is 14.6. The first-order valence-corrected chi connectivity index (χ1v) is 13.9. The number of nitrogens with one attached hydrogen (secondary N) is 1. The first-order valence-electron chi connectivity index (χ1n) is 13.5. The van der Waals surface area contributed by atoms with Crippen LogP contribution in [0, 0.1) is 11.7 Å². The van der Waals surface area contributed by atoms with Crippen LogP contribution in [0.25, 0.3) is 11.1 Å². The highest BCUT2D eigenvalue weighted by molar-refractivity contribution is 6.30. The van der Waals surface area contributed by atoms with E-state index in [1.54, 1.807) is 17.2 Å². The minimum atomic E-state index is -0.849. The van der Waals surface area contributed by atoms with Gasteiger partial charge in [-0.05, 0) is 48.2 Å². The molecule has 9 nitrogen and oxygen atoms in total. The lowest BCUT2D eigenvalue weighted by molar-refractivity contribution is -0.139. The lowest BCUT2D eigenvalue weighted by Crippen LogP contribution is -2.42. The molecule has 2 amide bonds. The number of methoxy groups -OCH3 is 1. The smallest absolute Gasteiger partial charge is 0.411 e. The molecular weight excluding hydrogens is 551 g/mol. The summed E-state index contributed by atoms with van der Waals surface area (Å²) >= 11 is 5.92. The number of ether oxygens (including phenoxy) is 2. The van der Waals surface area contributed by atoms with Gasteiger partial charge in [0, 0.05) is 42.5 Å². The topological polar surface area (TPSA) is 111 Å². The number of aromatic nitrogens is 2. The van der Waals surface area contributed by atoms with E-state index in [0.717, 1.165) is 11.1 Å². The zero-order valence-electron chi connectivity index (χ0n) is 22.7. The van der Waals surface area contributed by atoms with Crippen molar-refractivity contribution in [3.63, 3.8) is 0 Å². The van der Waals surface area contributed by atoms with E-state index in [0.29, 0.717) is 49.2 Å². The van der Waals surface area contributed by atoms with Crippen molar-refractivity contribution in [3.05, 3.63) is 76.6 Å². The van der Waals surface area contributed by atoms with Gasteiger partial charge in [0.2, 0.25) is 5.91 Å². The summed E-state index contributed by atoms with van der Waals surface area (Å²) in [5, 5.41) is 2.96. The average molecular weight is 581 g/mol. The van der Waals surface area contributed by atoms with E-state index in [-0.39, 0.29) is 34.9 Å². The van der Waals surface area contributed by atoms with Gasteiger partial charge >= 0.3 is 12.1 Å². The van der Waals surface area contributed by atoms with Crippen LogP contribution >= 0.6 is 11.6 Å². The molecule has 4 heterocycles. The second kappa shape index (κ2) is 12.2. The van der Waals surface area contributed by atoms with Crippen molar-refractivity contribution >= 4 is 35.3 Å². The van der Waals surface area contributed by atoms with E-state index in [9.17, 15) is 18.8 Å². The molecule has 41 heavy (non-hydrogen) atoms. The van der Waals surface area contributed by atoms with Gasteiger partial charge in [-0.1, -0.05) is 37.1 Å². The second-order valence-electron chi connectivity index (χ2n) is 10.3. The molecule has 0 saturated carbocycles. The minimum absolute atomic E-state index is 0.00678. The van der Waals surface area contributed by atoms with Crippen LogP contribution in [0.3, 0.4) is 0 Å². The number of pyridine rings is 2. The number of hydrogen-bond donors (Lipinski definition) is 1. The monoisotopic (exact) mass is 580 g/mol. The summed E-state index contributed by atoms with van der Waals surface area (Å²) in [5.74, 6) is -1.50. The zero-order valence-corrected chi connectivity index (χ0v) is 23.5. The maximum absolute atomic E-state index is 14.6. The van der Waals surface area contributed by atoms with E-state index < -0.39 is 24.1 Å². The number of fused-ring (bicyclic) bond motifs is 4. The third-order valence-electron chi connectivity index (χ3n) is 7.57. The lowest BCUT2D eigenvalue weighted by Gasteiger charge is -2.37. The summed E-state index contributed by atoms with van der Waals surface area (Å²) < 4.78 is 25.1. The minimum Gasteiger partial charge on any atom is -0.469 e. The number of carbonyl (C=O) groups excluding carboxylic acids is 3. The molecule has 2 aromatic heterocycles. The highest BCUT2D eigenvalue weighted by Crippen LogP contribution is 2.38. The van der Waals surface area contributed by atoms with Crippen molar-refractivity contribution in [1.82, 2.24) is 14.9 Å². The molecule has 214 valence electrons. The van der Waals surface area contributed by atoms with Gasteiger partial charge in [0.25, 0.3) is 0 Å². The third-order valence-corrected chi connectivity index (χ3v) is 7.87. The first-order chi connectivity index (χ1) is 19.7. The third kappa shape index (κ3) is 6.17. The average Bonchev–Trinajstić information content (AvgIpc) is 2.96. The molecule has 1 aromatic carbocycles. The number of amides is 2. The Morgan fingerprint density at radius 3 is 2.73 bits per heavy atom. The van der Waals surface area contributed by atoms with E-state index in [4.69, 9.17) is 21.1 Å². The summed E-state index contributed by atoms with van der Waals surface area (Å²) in [4.78, 5) is 48.6. The van der Waals surface area contributed by atoms with Crippen molar-refractivity contribution in [2.45, 2.75) is 51.2 Å². The molecule has 2 aliphatic heterocycles. The molecule has 0 unspecified atom stereocenters. The van der Waals surface area contributed by atoms with Crippen LogP contribution < -0.4 is 5.32 Å². The van der Waals surface area contributed by atoms with Crippen LogP contribution in [0.2, 0.25) is 5.02 Å². The second-order valence-corrected chi connectivity index (χ2v) is 10.7. The number of anilines is 1. The molecule has 3 aromatic rings. The number of nitrogens with zero attached hydrogens (tertiary/aromatic N) is 3. The lowest BCUT2D eigenvalue weighted by atomic mass is 9.94. The van der Waals surface area contributed by atoms with Crippen LogP contribution in [-0.2, 0) is 25.5 Å². The number of hydrogen-bond acceptors (Lipinski definition) is 7. The van der Waals surface area contributed by atoms with Crippen molar-refractivity contribution < 1.29 is 28.2 Å². The number of esters is 1. The molecule has 3 atom stereocenters. The first kappa shape index (κ1) is 28.5. The van der Waals surface area contributed by atoms with E-state index in [1.807, 2.05) is 31.2 Å². The summed E-state index contributed by atoms with van der Waals surface area (Å²) in [5.41, 5.74) is 3.52. The van der Waals surface area contributed by atoms with Gasteiger partial charge in [-0.15, -0.1) is 0 Å². The molecule has 5 rings (SSSR count). The van der Waals surface area contributed by atoms with Crippen molar-refractivity contribution in [2.24, 2.45) is 5.92 Å². The van der Waals surface area contributed by atoms with Crippen molar-refractivity contribution in [1.29, 1.82) is 0 Å². The Kier molecular flexibility index (Phi) is 8.49. The number of benzene rings is 1. The molecular formula is C30H30ClFN4O5. The van der Waals surface area contributed by atoms with Gasteiger partial charge in [-0.3, -0.25) is 24.5 Å². The molecule has 1 N–H and O–H groups in total. The highest BCUT2D eigenvalue weighted by atomic mass is 35.5. The fourth-order valence-corrected chi connectivity index (χ4v) is 5.45. The summed E-state index contributed by atoms with van der Waals surface area (Å²) in [7, 11) is 1.33. The zero-order chi connectivity index (χ0) is 29.1. The number of carbonyl (C=O) groups is 3. The highest BCUT2D eigenvalue weighted by Gasteiger charge is 2.36. The van der Waals surface area contributed by atoms with Crippen LogP contribution in [0.15, 0.2) is 48.8 Å². The van der Waals surface area contributed by atoms with Crippen molar-refractivity contribution in [3.8, 4) is 11.1 Å². The quantitative estimate of drug-likeness (QED) is 0.375. The van der Waals surface area contributed by atoms with Gasteiger partial charge in [-0.2, -0.15) is 0 Å². The molecule has 2 bridgehead atoms. The standard InChI is InChI=1S/C30H30ClFN4O5/c1-17-4-3-5-24(36-13-10-25(41-30(36)39)28-27(32)21(31)9-12-34-28)23-16-19(8-11-33-23)20-7-6-18(15-26(37)40-2)14-22(20)35-29(17)38/h6-9,11-12,14,16-17,24-25H,3-5,10,13,15H2,1-2H3,(H,35,38)/t17-,24+,25-/m1/s1. The molecule has 0 aliphatic carbocycles. The Balaban J connectivity index is 1.47. The van der Waals surface area contributed by atoms with E-state index in [2.05, 4.69) is 15.3 Å². The Hall–Kier alpha value is -4.05. The predicted octanol–water partition coefficient (Wildman–Crippen LogP) is 6.03. The number of halogens is 2. The van der Waals surface area contributed by atoms with Gasteiger partial charge in [0.05, 0.1) is 30.3 Å². The normalized spacial score (nSPS) is 21.1. The van der Waals surface area contributed by atoms with Crippen LogP contribution in [-0.4, -0.2) is 46.5 Å². The van der Waals surface area contributed by atoms with Gasteiger partial charge in [0.15, 0.2) is 11.9 Å². The predicted molar refractivity (Wildman–Crippen MR) is 150 cm³/mol. The van der Waals surface area contributed by atoms with Crippen LogP contribution in [0.1, 0.15) is 61.7 Å². The Labute approximate surface area is 242 Å². The Morgan fingerprint density at radius 1 is 1.15 bits per heavy atom. The molecule has 2 aliphatic rings. The summed E-state index contributed by atoms with van der Waals surface area (Å²) in [6.45, 7) is 2.16. The van der Waals surface area contributed by atoms with Crippen LogP contribution in [0.5, 0.6) is 0 Å². The Morgan fingerprint density at radius 2 is 1.95 bits per heavy atom. The van der Waals surface area contributed by atoms with E-state index >= 15 is 0 Å². The van der Waals surface area contributed by atoms with Gasteiger partial charge < -0.3 is 14.8 Å². The fourth-order valence-electron chi connectivity index (χ4n) is 5.29. The van der Waals surface area contributed by atoms with Gasteiger partial charge in [-0.25, -0.2) is 9.18 Å². The molecule has 11 heteroatoms. The SMILES string of the molecule is COC(=O)Cc1ccc2c(c1)NC(=O)[C@H](C)CCC[C@H](N1CC[C@H](c3nccc(Cl)c3F)OC1=O)c1cc-2ccn1. The van der Waals surface area contributed by atoms with Crippen molar-refractivity contribution in [2.75, 3.05) is 19.0 Å². The summed E-state index contributed by atoms with van der Waals surface area (Å²) in [6, 6.07) is 10.1. The molecule has 0 spiro atoms. The maximum Gasteiger partial charge on any atom is 0.411 e. The van der Waals surface area contributed by atoms with E-state index in [1.165, 1.54) is 19.4 Å². The molecule has 1 saturated heterocycles.